The van der Waals surface area contributed by atoms with Gasteiger partial charge in [-0.05, 0) is 36.1 Å². The van der Waals surface area contributed by atoms with Crippen LogP contribution in [0.25, 0.3) is 33.8 Å². The summed E-state index contributed by atoms with van der Waals surface area (Å²) in [7, 11) is 0. The fraction of sp³-hybridized carbons (Fsp3) is 0.333. The highest BCUT2D eigenvalue weighted by Crippen LogP contribution is 2.36. The number of ether oxygens (including phenoxy) is 1. The molecule has 4 rings (SSSR count). The number of hydrogen-bond donors (Lipinski definition) is 2. The molecular formula is C21H25N7O2. The molecule has 0 fully saturated rings. The number of fused-ring (bicyclic) bond motifs is 1. The van der Waals surface area contributed by atoms with Crippen molar-refractivity contribution in [2.45, 2.75) is 26.8 Å². The normalized spacial score (nSPS) is 12.4. The van der Waals surface area contributed by atoms with Crippen LogP contribution in [-0.4, -0.2) is 38.0 Å². The molecule has 0 aliphatic carbocycles. The van der Waals surface area contributed by atoms with Crippen LogP contribution in [-0.2, 0) is 6.54 Å². The van der Waals surface area contributed by atoms with Gasteiger partial charge in [-0.15, -0.1) is 0 Å². The number of nitrogens with zero attached hydrogens (tertiary/aromatic N) is 5. The number of pyridine rings is 1. The van der Waals surface area contributed by atoms with Crippen molar-refractivity contribution in [3.05, 3.63) is 36.5 Å². The van der Waals surface area contributed by atoms with Crippen molar-refractivity contribution in [1.29, 1.82) is 0 Å². The van der Waals surface area contributed by atoms with Gasteiger partial charge in [0.25, 0.3) is 0 Å². The van der Waals surface area contributed by atoms with Gasteiger partial charge >= 0.3 is 0 Å². The summed E-state index contributed by atoms with van der Waals surface area (Å²) < 4.78 is 13.0. The monoisotopic (exact) mass is 407 g/mol. The molecule has 1 atom stereocenters. The number of imidazole rings is 1. The average molecular weight is 407 g/mol. The van der Waals surface area contributed by atoms with Crippen LogP contribution in [0.5, 0.6) is 5.75 Å². The van der Waals surface area contributed by atoms with Crippen LogP contribution in [0.4, 0.5) is 5.82 Å². The van der Waals surface area contributed by atoms with Crippen molar-refractivity contribution >= 4 is 16.9 Å². The minimum Gasteiger partial charge on any atom is -0.489 e. The summed E-state index contributed by atoms with van der Waals surface area (Å²) in [5, 5.41) is 7.65. The first kappa shape index (κ1) is 19.8. The third kappa shape index (κ3) is 3.59. The smallest absolute Gasteiger partial charge is 0.199 e. The molecule has 0 bridgehead atoms. The van der Waals surface area contributed by atoms with Crippen LogP contribution in [0.15, 0.2) is 41.2 Å². The largest absolute Gasteiger partial charge is 0.489 e. The molecule has 9 nitrogen and oxygen atoms in total. The van der Waals surface area contributed by atoms with Gasteiger partial charge in [-0.1, -0.05) is 37.3 Å². The number of nitrogens with two attached hydrogens (primary N) is 2. The van der Waals surface area contributed by atoms with E-state index in [0.717, 1.165) is 23.2 Å². The zero-order chi connectivity index (χ0) is 21.1. The van der Waals surface area contributed by atoms with E-state index in [2.05, 4.69) is 22.2 Å². The summed E-state index contributed by atoms with van der Waals surface area (Å²) in [5.41, 5.74) is 15.3. The van der Waals surface area contributed by atoms with Crippen LogP contribution >= 0.6 is 0 Å². The molecule has 30 heavy (non-hydrogen) atoms. The minimum absolute atomic E-state index is 0.188. The highest BCUT2D eigenvalue weighted by Gasteiger charge is 2.24. The number of aryl methyl sites for hydroxylation is 1. The Hall–Kier alpha value is -3.46. The Balaban J connectivity index is 1.91. The fourth-order valence-corrected chi connectivity index (χ4v) is 3.47. The maximum Gasteiger partial charge on any atom is 0.199 e. The zero-order valence-corrected chi connectivity index (χ0v) is 17.1. The van der Waals surface area contributed by atoms with Gasteiger partial charge in [0.05, 0.1) is 18.5 Å². The minimum atomic E-state index is 0.188. The SMILES string of the molecule is CCn1c(-c2nonc2N)nc2c(-c3ccccc3)ncc(OCC(C)CCN)c21. The summed E-state index contributed by atoms with van der Waals surface area (Å²) in [4.78, 5) is 9.52. The van der Waals surface area contributed by atoms with Crippen LogP contribution in [0, 0.1) is 5.92 Å². The van der Waals surface area contributed by atoms with E-state index in [9.17, 15) is 0 Å². The number of benzene rings is 1. The lowest BCUT2D eigenvalue weighted by atomic mass is 10.1. The number of aromatic nitrogens is 5. The molecule has 1 unspecified atom stereocenters. The lowest BCUT2D eigenvalue weighted by Gasteiger charge is -2.14. The zero-order valence-electron chi connectivity index (χ0n) is 17.1. The fourth-order valence-electron chi connectivity index (χ4n) is 3.47. The van der Waals surface area contributed by atoms with E-state index in [1.54, 1.807) is 6.20 Å². The number of nitrogen functional groups attached to an aromatic ring is 1. The second-order valence-electron chi connectivity index (χ2n) is 7.21. The molecule has 156 valence electrons. The highest BCUT2D eigenvalue weighted by atomic mass is 16.6. The van der Waals surface area contributed by atoms with Gasteiger partial charge in [-0.2, -0.15) is 0 Å². The third-order valence-corrected chi connectivity index (χ3v) is 5.01. The molecule has 0 aliphatic heterocycles. The van der Waals surface area contributed by atoms with E-state index in [-0.39, 0.29) is 5.82 Å². The molecular weight excluding hydrogens is 382 g/mol. The van der Waals surface area contributed by atoms with E-state index in [4.69, 9.17) is 25.8 Å². The quantitative estimate of drug-likeness (QED) is 0.455. The van der Waals surface area contributed by atoms with Crippen LogP contribution in [0.1, 0.15) is 20.3 Å². The topological polar surface area (TPSA) is 131 Å². The Morgan fingerprint density at radius 1 is 1.17 bits per heavy atom. The molecule has 4 aromatic rings. The van der Waals surface area contributed by atoms with Gasteiger partial charge < -0.3 is 20.8 Å². The van der Waals surface area contributed by atoms with E-state index in [0.29, 0.717) is 48.4 Å². The first-order valence-corrected chi connectivity index (χ1v) is 9.99. The molecule has 0 saturated carbocycles. The number of anilines is 1. The van der Waals surface area contributed by atoms with Gasteiger partial charge in [0, 0.05) is 12.1 Å². The Bertz CT molecular complexity index is 1140. The predicted octanol–water partition coefficient (Wildman–Crippen LogP) is 3.11. The number of hydrogen-bond acceptors (Lipinski definition) is 8. The van der Waals surface area contributed by atoms with E-state index in [1.807, 2.05) is 41.8 Å². The first-order valence-electron chi connectivity index (χ1n) is 9.99. The molecule has 0 saturated heterocycles. The van der Waals surface area contributed by atoms with Crippen LogP contribution in [0.3, 0.4) is 0 Å². The van der Waals surface area contributed by atoms with Crippen molar-refractivity contribution in [2.24, 2.45) is 11.7 Å². The summed E-state index contributed by atoms with van der Waals surface area (Å²) >= 11 is 0. The predicted molar refractivity (Wildman–Crippen MR) is 115 cm³/mol. The molecule has 0 spiro atoms. The van der Waals surface area contributed by atoms with Crippen molar-refractivity contribution in [1.82, 2.24) is 24.8 Å². The first-order chi connectivity index (χ1) is 14.6. The molecule has 9 heteroatoms. The average Bonchev–Trinajstić information content (AvgIpc) is 3.36. The Morgan fingerprint density at radius 2 is 1.97 bits per heavy atom. The lowest BCUT2D eigenvalue weighted by molar-refractivity contribution is 0.255. The van der Waals surface area contributed by atoms with Gasteiger partial charge in [-0.25, -0.2) is 14.6 Å². The summed E-state index contributed by atoms with van der Waals surface area (Å²) in [6.07, 6.45) is 2.64. The standard InChI is InChI=1S/C21H25N7O2/c1-3-28-19-15(29-12-13(2)9-10-22)11-24-16(14-7-5-4-6-8-14)17(19)25-21(28)18-20(23)27-30-26-18/h4-8,11,13H,3,9-10,12,22H2,1-2H3,(H2,23,27). The Kier molecular flexibility index (Phi) is 5.62. The van der Waals surface area contributed by atoms with E-state index < -0.39 is 0 Å². The maximum absolute atomic E-state index is 6.16. The molecule has 1 aromatic carbocycles. The second kappa shape index (κ2) is 8.50. The van der Waals surface area contributed by atoms with Crippen molar-refractivity contribution < 1.29 is 9.37 Å². The lowest BCUT2D eigenvalue weighted by Crippen LogP contribution is -2.14. The highest BCUT2D eigenvalue weighted by molar-refractivity contribution is 5.95. The van der Waals surface area contributed by atoms with Gasteiger partial charge in [0.1, 0.15) is 11.0 Å². The summed E-state index contributed by atoms with van der Waals surface area (Å²) in [6, 6.07) is 9.91. The van der Waals surface area contributed by atoms with Crippen molar-refractivity contribution in [2.75, 3.05) is 18.9 Å². The number of rotatable bonds is 8. The molecule has 3 aromatic heterocycles. The molecule has 0 radical (unpaired) electrons. The van der Waals surface area contributed by atoms with Crippen molar-refractivity contribution in [3.8, 4) is 28.5 Å². The summed E-state index contributed by atoms with van der Waals surface area (Å²) in [5.74, 6) is 1.74. The van der Waals surface area contributed by atoms with Crippen LogP contribution < -0.4 is 16.2 Å². The van der Waals surface area contributed by atoms with Gasteiger partial charge in [-0.3, -0.25) is 0 Å². The summed E-state index contributed by atoms with van der Waals surface area (Å²) in [6.45, 7) is 5.93. The molecule has 0 aliphatic rings. The second-order valence-corrected chi connectivity index (χ2v) is 7.21. The maximum atomic E-state index is 6.16. The molecule has 4 N–H and O–H groups in total. The van der Waals surface area contributed by atoms with E-state index in [1.165, 1.54) is 0 Å². The Labute approximate surface area is 174 Å². The Morgan fingerprint density at radius 3 is 2.63 bits per heavy atom. The van der Waals surface area contributed by atoms with Crippen LogP contribution in [0.2, 0.25) is 0 Å². The third-order valence-electron chi connectivity index (χ3n) is 5.01. The molecule has 0 amide bonds. The van der Waals surface area contributed by atoms with Gasteiger partial charge in [0.2, 0.25) is 0 Å². The van der Waals surface area contributed by atoms with Gasteiger partial charge in [0.15, 0.2) is 23.1 Å². The van der Waals surface area contributed by atoms with Crippen molar-refractivity contribution in [3.63, 3.8) is 0 Å². The van der Waals surface area contributed by atoms with E-state index >= 15 is 0 Å². The molecule has 3 heterocycles.